The van der Waals surface area contributed by atoms with Crippen molar-refractivity contribution >= 4 is 28.9 Å². The number of nitrogens with zero attached hydrogens (tertiary/aromatic N) is 5. The minimum absolute atomic E-state index is 0.218. The van der Waals surface area contributed by atoms with Crippen molar-refractivity contribution in [1.29, 1.82) is 0 Å². The maximum atomic E-state index is 11.8. The molecule has 1 atom stereocenters. The summed E-state index contributed by atoms with van der Waals surface area (Å²) < 4.78 is 0. The molecule has 208 valence electrons. The van der Waals surface area contributed by atoms with Gasteiger partial charge in [-0.2, -0.15) is 0 Å². The molecule has 1 amide bonds. The Morgan fingerprint density at radius 1 is 1.00 bits per heavy atom. The van der Waals surface area contributed by atoms with Gasteiger partial charge in [0, 0.05) is 68.1 Å². The van der Waals surface area contributed by atoms with Gasteiger partial charge in [0.25, 0.3) is 0 Å². The number of nitrogens with two attached hydrogens (primary N) is 1. The third kappa shape index (κ3) is 8.23. The number of aromatic nitrogens is 2. The van der Waals surface area contributed by atoms with Crippen molar-refractivity contribution in [1.82, 2.24) is 19.8 Å². The standard InChI is InChI=1S/C30H42N8O/c1-22(31)28(39)33-24-8-6-23(7-9-24)27-14-15-32-29(35-27)34-25-10-12-26(13-11-25)38-18-16-37(17-19-38)21-30(2,3)20-36(4)5/h6-15,22H,16-21,31H2,1-5H3,(H,33,39)(H,32,34,35). The van der Waals surface area contributed by atoms with Gasteiger partial charge in [-0.3, -0.25) is 9.69 Å². The molecule has 1 fully saturated rings. The fraction of sp³-hybridized carbons (Fsp3) is 0.433. The number of hydrogen-bond donors (Lipinski definition) is 3. The summed E-state index contributed by atoms with van der Waals surface area (Å²) in [6.07, 6.45) is 1.74. The summed E-state index contributed by atoms with van der Waals surface area (Å²) in [6, 6.07) is 17.3. The average molecular weight is 531 g/mol. The Hall–Kier alpha value is -3.53. The molecular weight excluding hydrogens is 488 g/mol. The van der Waals surface area contributed by atoms with Crippen LogP contribution in [-0.2, 0) is 4.79 Å². The number of rotatable bonds is 10. The molecule has 2 aromatic carbocycles. The van der Waals surface area contributed by atoms with E-state index in [1.807, 2.05) is 30.3 Å². The predicted molar refractivity (Wildman–Crippen MR) is 160 cm³/mol. The molecule has 1 aliphatic rings. The Bertz CT molecular complexity index is 1220. The molecule has 0 radical (unpaired) electrons. The van der Waals surface area contributed by atoms with Crippen LogP contribution in [0, 0.1) is 5.41 Å². The fourth-order valence-electron chi connectivity index (χ4n) is 5.12. The van der Waals surface area contributed by atoms with Crippen LogP contribution in [-0.4, -0.2) is 85.1 Å². The second-order valence-corrected chi connectivity index (χ2v) is 11.5. The van der Waals surface area contributed by atoms with Gasteiger partial charge >= 0.3 is 0 Å². The zero-order valence-corrected chi connectivity index (χ0v) is 23.8. The lowest BCUT2D eigenvalue weighted by molar-refractivity contribution is -0.117. The van der Waals surface area contributed by atoms with Crippen LogP contribution >= 0.6 is 0 Å². The molecule has 1 saturated heterocycles. The van der Waals surface area contributed by atoms with Crippen molar-refractivity contribution in [3.8, 4) is 11.3 Å². The minimum atomic E-state index is -0.560. The van der Waals surface area contributed by atoms with Gasteiger partial charge in [-0.15, -0.1) is 0 Å². The van der Waals surface area contributed by atoms with Crippen LogP contribution in [0.2, 0.25) is 0 Å². The van der Waals surface area contributed by atoms with Gasteiger partial charge in [-0.1, -0.05) is 26.0 Å². The number of nitrogens with one attached hydrogen (secondary N) is 2. The highest BCUT2D eigenvalue weighted by Crippen LogP contribution is 2.25. The molecule has 0 saturated carbocycles. The van der Waals surface area contributed by atoms with Crippen LogP contribution in [0.15, 0.2) is 60.8 Å². The Kier molecular flexibility index (Phi) is 9.16. The Labute approximate surface area is 232 Å². The molecule has 0 spiro atoms. The Morgan fingerprint density at radius 3 is 2.26 bits per heavy atom. The van der Waals surface area contributed by atoms with Crippen molar-refractivity contribution in [2.75, 3.05) is 68.9 Å². The molecule has 4 N–H and O–H groups in total. The van der Waals surface area contributed by atoms with E-state index in [1.165, 1.54) is 5.69 Å². The maximum Gasteiger partial charge on any atom is 0.240 e. The average Bonchev–Trinajstić information content (AvgIpc) is 2.89. The van der Waals surface area contributed by atoms with E-state index < -0.39 is 6.04 Å². The van der Waals surface area contributed by atoms with Crippen LogP contribution in [0.4, 0.5) is 23.0 Å². The largest absolute Gasteiger partial charge is 0.369 e. The zero-order valence-electron chi connectivity index (χ0n) is 23.8. The number of carbonyl (C=O) groups excluding carboxylic acids is 1. The number of piperazine rings is 1. The summed E-state index contributed by atoms with van der Waals surface area (Å²) in [5, 5.41) is 6.11. The second-order valence-electron chi connectivity index (χ2n) is 11.5. The van der Waals surface area contributed by atoms with Gasteiger partial charge in [-0.25, -0.2) is 9.97 Å². The van der Waals surface area contributed by atoms with Crippen LogP contribution in [0.3, 0.4) is 0 Å². The minimum Gasteiger partial charge on any atom is -0.369 e. The van der Waals surface area contributed by atoms with Crippen molar-refractivity contribution in [3.05, 3.63) is 60.8 Å². The van der Waals surface area contributed by atoms with Crippen LogP contribution in [0.5, 0.6) is 0 Å². The third-order valence-corrected chi connectivity index (χ3v) is 6.77. The van der Waals surface area contributed by atoms with Crippen LogP contribution in [0.25, 0.3) is 11.3 Å². The summed E-state index contributed by atoms with van der Waals surface area (Å²) in [4.78, 5) is 28.2. The van der Waals surface area contributed by atoms with Crippen molar-refractivity contribution in [2.45, 2.75) is 26.8 Å². The molecule has 0 bridgehead atoms. The number of carbonyl (C=O) groups is 1. The fourth-order valence-corrected chi connectivity index (χ4v) is 5.12. The number of hydrogen-bond acceptors (Lipinski definition) is 8. The maximum absolute atomic E-state index is 11.8. The highest BCUT2D eigenvalue weighted by molar-refractivity contribution is 5.94. The Morgan fingerprint density at radius 2 is 1.64 bits per heavy atom. The first-order valence-corrected chi connectivity index (χ1v) is 13.6. The molecule has 1 unspecified atom stereocenters. The van der Waals surface area contributed by atoms with Gasteiger partial charge < -0.3 is 26.2 Å². The number of anilines is 4. The quantitative estimate of drug-likeness (QED) is 0.363. The van der Waals surface area contributed by atoms with Crippen molar-refractivity contribution in [2.24, 2.45) is 11.1 Å². The molecule has 3 aromatic rings. The normalized spacial score (nSPS) is 15.3. The van der Waals surface area contributed by atoms with Crippen molar-refractivity contribution in [3.63, 3.8) is 0 Å². The molecule has 0 aliphatic carbocycles. The van der Waals surface area contributed by atoms with Gasteiger partial charge in [0.05, 0.1) is 11.7 Å². The third-order valence-electron chi connectivity index (χ3n) is 6.77. The van der Waals surface area contributed by atoms with Gasteiger partial charge in [0.2, 0.25) is 11.9 Å². The first-order valence-electron chi connectivity index (χ1n) is 13.6. The number of amides is 1. The van der Waals surface area contributed by atoms with E-state index in [0.29, 0.717) is 11.6 Å². The van der Waals surface area contributed by atoms with Gasteiger partial charge in [0.15, 0.2) is 0 Å². The highest BCUT2D eigenvalue weighted by atomic mass is 16.2. The van der Waals surface area contributed by atoms with E-state index >= 15 is 0 Å². The summed E-state index contributed by atoms with van der Waals surface area (Å²) in [6.45, 7) is 12.8. The molecule has 9 nitrogen and oxygen atoms in total. The van der Waals surface area contributed by atoms with Gasteiger partial charge in [0.1, 0.15) is 0 Å². The summed E-state index contributed by atoms with van der Waals surface area (Å²) in [5.41, 5.74) is 10.5. The number of benzene rings is 2. The van der Waals surface area contributed by atoms with E-state index in [2.05, 4.69) is 87.5 Å². The Balaban J connectivity index is 1.32. The van der Waals surface area contributed by atoms with E-state index in [0.717, 1.165) is 56.2 Å². The van der Waals surface area contributed by atoms with E-state index in [1.54, 1.807) is 13.1 Å². The zero-order chi connectivity index (χ0) is 28.0. The highest BCUT2D eigenvalue weighted by Gasteiger charge is 2.25. The van der Waals surface area contributed by atoms with E-state index in [-0.39, 0.29) is 11.3 Å². The first-order chi connectivity index (χ1) is 18.6. The smallest absolute Gasteiger partial charge is 0.240 e. The molecule has 1 aliphatic heterocycles. The second kappa shape index (κ2) is 12.5. The van der Waals surface area contributed by atoms with E-state index in [4.69, 9.17) is 5.73 Å². The lowest BCUT2D eigenvalue weighted by Gasteiger charge is -2.40. The topological polar surface area (TPSA) is 103 Å². The van der Waals surface area contributed by atoms with Gasteiger partial charge in [-0.05, 0) is 68.9 Å². The molecular formula is C30H42N8O. The lowest BCUT2D eigenvalue weighted by Crippen LogP contribution is -2.50. The van der Waals surface area contributed by atoms with Crippen LogP contribution in [0.1, 0.15) is 20.8 Å². The monoisotopic (exact) mass is 530 g/mol. The van der Waals surface area contributed by atoms with Crippen molar-refractivity contribution < 1.29 is 4.79 Å². The lowest BCUT2D eigenvalue weighted by atomic mass is 9.92. The molecule has 1 aromatic heterocycles. The van der Waals surface area contributed by atoms with E-state index in [9.17, 15) is 4.79 Å². The molecule has 2 heterocycles. The molecule has 9 heteroatoms. The first kappa shape index (κ1) is 28.5. The predicted octanol–water partition coefficient (Wildman–Crippen LogP) is 3.88. The summed E-state index contributed by atoms with van der Waals surface area (Å²) >= 11 is 0. The molecule has 4 rings (SSSR count). The summed E-state index contributed by atoms with van der Waals surface area (Å²) in [7, 11) is 4.29. The summed E-state index contributed by atoms with van der Waals surface area (Å²) in [5.74, 6) is 0.313. The molecule has 39 heavy (non-hydrogen) atoms. The SMILES string of the molecule is CC(N)C(=O)Nc1ccc(-c2ccnc(Nc3ccc(N4CCN(CC(C)(C)CN(C)C)CC4)cc3)n2)cc1. The van der Waals surface area contributed by atoms with Crippen LogP contribution < -0.4 is 21.3 Å².